The van der Waals surface area contributed by atoms with Crippen molar-refractivity contribution in [1.29, 1.82) is 0 Å². The van der Waals surface area contributed by atoms with Crippen LogP contribution in [0, 0.1) is 0 Å². The maximum absolute atomic E-state index is 6.96. The lowest BCUT2D eigenvalue weighted by Gasteiger charge is -2.46. The molecular weight excluding hydrogens is 640 g/mol. The minimum absolute atomic E-state index is 0.331. The van der Waals surface area contributed by atoms with E-state index in [2.05, 4.69) is 76.6 Å². The van der Waals surface area contributed by atoms with E-state index >= 15 is 0 Å². The highest BCUT2D eigenvalue weighted by Gasteiger charge is 2.49. The Bertz CT molecular complexity index is 1570. The van der Waals surface area contributed by atoms with Crippen molar-refractivity contribution in [3.63, 3.8) is 0 Å². The fourth-order valence-corrected chi connectivity index (χ4v) is 5.97. The van der Waals surface area contributed by atoms with Crippen LogP contribution in [0.1, 0.15) is 33.9 Å². The van der Waals surface area contributed by atoms with Gasteiger partial charge in [0.2, 0.25) is 0 Å². The molecule has 0 bridgehead atoms. The van der Waals surface area contributed by atoms with Crippen molar-refractivity contribution in [2.75, 3.05) is 6.61 Å². The number of halogens is 1. The number of rotatable bonds is 14. The molecule has 6 heteroatoms. The SMILES string of the molecule is Brc1ccc([C@@H]2OC(COCc3ccccc3)[C@H](OCc3ccccc3)[C@H](OCc3ccccc3)C2OCc2ccccc2)cc1. The summed E-state index contributed by atoms with van der Waals surface area (Å²) in [5.41, 5.74) is 5.34. The third kappa shape index (κ3) is 9.01. The second kappa shape index (κ2) is 16.8. The smallest absolute Gasteiger partial charge is 0.117 e. The summed E-state index contributed by atoms with van der Waals surface area (Å²) in [6.45, 7) is 2.03. The first-order valence-electron chi connectivity index (χ1n) is 15.7. The first-order valence-corrected chi connectivity index (χ1v) is 16.5. The zero-order valence-electron chi connectivity index (χ0n) is 25.7. The van der Waals surface area contributed by atoms with Crippen molar-refractivity contribution < 1.29 is 23.7 Å². The van der Waals surface area contributed by atoms with Crippen molar-refractivity contribution >= 4 is 15.9 Å². The van der Waals surface area contributed by atoms with Gasteiger partial charge in [0.05, 0.1) is 33.0 Å². The Morgan fingerprint density at radius 2 is 0.870 bits per heavy atom. The standard InChI is InChI=1S/C40H39BrO5/c41-35-23-21-34(22-24-35)37-39(44-27-32-17-9-3-10-18-32)40(45-28-33-19-11-4-12-20-33)38(43-26-31-15-7-2-8-16-31)36(46-37)29-42-25-30-13-5-1-6-14-30/h1-24,36-40H,25-29H2/t36?,37-,38-,39?,40-/m0/s1. The fraction of sp³-hybridized carbons (Fsp3) is 0.250. The summed E-state index contributed by atoms with van der Waals surface area (Å²) in [6.07, 6.45) is -2.22. The molecular formula is C40H39BrO5. The van der Waals surface area contributed by atoms with Crippen molar-refractivity contribution in [2.45, 2.75) is 56.9 Å². The lowest BCUT2D eigenvalue weighted by atomic mass is 9.90. The molecule has 5 aromatic carbocycles. The first-order chi connectivity index (χ1) is 22.7. The molecule has 1 saturated heterocycles. The molecule has 1 aliphatic heterocycles. The maximum atomic E-state index is 6.96. The van der Waals surface area contributed by atoms with Crippen LogP contribution in [0.5, 0.6) is 0 Å². The molecule has 0 aliphatic carbocycles. The van der Waals surface area contributed by atoms with Crippen LogP contribution < -0.4 is 0 Å². The largest absolute Gasteiger partial charge is 0.374 e. The summed E-state index contributed by atoms with van der Waals surface area (Å²) >= 11 is 3.59. The van der Waals surface area contributed by atoms with Crippen molar-refractivity contribution in [2.24, 2.45) is 0 Å². The summed E-state index contributed by atoms with van der Waals surface area (Å²) in [5.74, 6) is 0. The average molecular weight is 680 g/mol. The summed E-state index contributed by atoms with van der Waals surface area (Å²) in [6, 6.07) is 49.0. The number of hydrogen-bond acceptors (Lipinski definition) is 5. The van der Waals surface area contributed by atoms with Crippen LogP contribution in [0.15, 0.2) is 150 Å². The van der Waals surface area contributed by atoms with E-state index in [-0.39, 0.29) is 0 Å². The van der Waals surface area contributed by atoms with Gasteiger partial charge in [0.25, 0.3) is 0 Å². The molecule has 1 fully saturated rings. The molecule has 1 heterocycles. The van der Waals surface area contributed by atoms with Crippen LogP contribution in [0.4, 0.5) is 0 Å². The van der Waals surface area contributed by atoms with Crippen LogP contribution in [-0.4, -0.2) is 31.0 Å². The van der Waals surface area contributed by atoms with E-state index in [9.17, 15) is 0 Å². The molecule has 2 unspecified atom stereocenters. The Morgan fingerprint density at radius 1 is 0.457 bits per heavy atom. The first kappa shape index (κ1) is 32.3. The van der Waals surface area contributed by atoms with Gasteiger partial charge >= 0.3 is 0 Å². The third-order valence-corrected chi connectivity index (χ3v) is 8.61. The molecule has 6 rings (SSSR count). The predicted octanol–water partition coefficient (Wildman–Crippen LogP) is 8.86. The predicted molar refractivity (Wildman–Crippen MR) is 183 cm³/mol. The quantitative estimate of drug-likeness (QED) is 0.117. The van der Waals surface area contributed by atoms with Gasteiger partial charge in [-0.2, -0.15) is 0 Å². The van der Waals surface area contributed by atoms with E-state index in [1.807, 2.05) is 84.9 Å². The molecule has 5 atom stereocenters. The fourth-order valence-electron chi connectivity index (χ4n) is 5.71. The van der Waals surface area contributed by atoms with E-state index in [1.54, 1.807) is 0 Å². The number of benzene rings is 5. The Balaban J connectivity index is 1.33. The van der Waals surface area contributed by atoms with Gasteiger partial charge in [0.15, 0.2) is 0 Å². The van der Waals surface area contributed by atoms with Gasteiger partial charge in [0, 0.05) is 4.47 Å². The van der Waals surface area contributed by atoms with E-state index in [0.29, 0.717) is 33.0 Å². The molecule has 0 radical (unpaired) electrons. The van der Waals surface area contributed by atoms with Gasteiger partial charge < -0.3 is 23.7 Å². The Hall–Kier alpha value is -3.62. The van der Waals surface area contributed by atoms with Crippen LogP contribution >= 0.6 is 15.9 Å². The molecule has 5 aromatic rings. The van der Waals surface area contributed by atoms with Crippen molar-refractivity contribution in [3.05, 3.63) is 178 Å². The summed E-state index contributed by atoms with van der Waals surface area (Å²) in [4.78, 5) is 0. The van der Waals surface area contributed by atoms with Crippen molar-refractivity contribution in [3.8, 4) is 0 Å². The average Bonchev–Trinajstić information content (AvgIpc) is 3.11. The van der Waals surface area contributed by atoms with Gasteiger partial charge in [-0.15, -0.1) is 0 Å². The normalized spacial score (nSPS) is 21.2. The van der Waals surface area contributed by atoms with E-state index in [0.717, 1.165) is 32.3 Å². The third-order valence-electron chi connectivity index (χ3n) is 8.08. The lowest BCUT2D eigenvalue weighted by molar-refractivity contribution is -0.275. The zero-order valence-corrected chi connectivity index (χ0v) is 27.3. The Morgan fingerprint density at radius 3 is 1.35 bits per heavy atom. The second-order valence-corrected chi connectivity index (χ2v) is 12.3. The lowest BCUT2D eigenvalue weighted by Crippen LogP contribution is -2.58. The maximum Gasteiger partial charge on any atom is 0.117 e. The molecule has 0 N–H and O–H groups in total. The van der Waals surface area contributed by atoms with E-state index < -0.39 is 30.5 Å². The molecule has 0 aromatic heterocycles. The van der Waals surface area contributed by atoms with E-state index in [4.69, 9.17) is 23.7 Å². The second-order valence-electron chi connectivity index (χ2n) is 11.4. The van der Waals surface area contributed by atoms with Gasteiger partial charge in [-0.25, -0.2) is 0 Å². The van der Waals surface area contributed by atoms with Crippen molar-refractivity contribution in [1.82, 2.24) is 0 Å². The van der Waals surface area contributed by atoms with Crippen LogP contribution in [0.2, 0.25) is 0 Å². The van der Waals surface area contributed by atoms with Gasteiger partial charge in [-0.05, 0) is 39.9 Å². The topological polar surface area (TPSA) is 46.2 Å². The number of ether oxygens (including phenoxy) is 5. The summed E-state index contributed by atoms with van der Waals surface area (Å²) in [7, 11) is 0. The minimum atomic E-state index is -0.466. The number of hydrogen-bond donors (Lipinski definition) is 0. The molecule has 0 amide bonds. The van der Waals surface area contributed by atoms with E-state index in [1.165, 1.54) is 0 Å². The molecule has 0 spiro atoms. The summed E-state index contributed by atoms with van der Waals surface area (Å²) in [5, 5.41) is 0. The molecule has 46 heavy (non-hydrogen) atoms. The summed E-state index contributed by atoms with van der Waals surface area (Å²) < 4.78 is 34.7. The Labute approximate surface area is 280 Å². The Kier molecular flexibility index (Phi) is 11.8. The van der Waals surface area contributed by atoms with Gasteiger partial charge in [-0.3, -0.25) is 0 Å². The molecule has 0 saturated carbocycles. The highest BCUT2D eigenvalue weighted by Crippen LogP contribution is 2.39. The zero-order chi connectivity index (χ0) is 31.4. The highest BCUT2D eigenvalue weighted by atomic mass is 79.9. The molecule has 5 nitrogen and oxygen atoms in total. The minimum Gasteiger partial charge on any atom is -0.374 e. The van der Waals surface area contributed by atoms with Gasteiger partial charge in [0.1, 0.15) is 30.5 Å². The van der Waals surface area contributed by atoms with Crippen LogP contribution in [0.25, 0.3) is 0 Å². The monoisotopic (exact) mass is 678 g/mol. The molecule has 1 aliphatic rings. The molecule has 236 valence electrons. The van der Waals surface area contributed by atoms with Crippen LogP contribution in [-0.2, 0) is 50.1 Å². The van der Waals surface area contributed by atoms with Crippen LogP contribution in [0.3, 0.4) is 0 Å². The highest BCUT2D eigenvalue weighted by molar-refractivity contribution is 9.10. The van der Waals surface area contributed by atoms with Gasteiger partial charge in [-0.1, -0.05) is 149 Å².